The van der Waals surface area contributed by atoms with Gasteiger partial charge in [0.1, 0.15) is 48.8 Å². The minimum Gasteiger partial charge on any atom is -0.394 e. The van der Waals surface area contributed by atoms with Gasteiger partial charge in [0.25, 0.3) is 0 Å². The molecule has 2 rings (SSSR count). The molecule has 2 saturated heterocycles. The molecule has 12 unspecified atom stereocenters. The quantitative estimate of drug-likeness (QED) is 0.0205. The van der Waals surface area contributed by atoms with E-state index in [0.717, 1.165) is 64.2 Å². The molecular weight excluding hydrogens is 931 g/mol. The molecule has 0 saturated carbocycles. The zero-order valence-electron chi connectivity index (χ0n) is 45.4. The number of carbonyl (C=O) groups is 1. The Morgan fingerprint density at radius 2 is 0.918 bits per heavy atom. The van der Waals surface area contributed by atoms with Crippen molar-refractivity contribution in [2.45, 2.75) is 286 Å². The summed E-state index contributed by atoms with van der Waals surface area (Å²) < 4.78 is 22.7. The molecule has 2 aliphatic heterocycles. The maximum Gasteiger partial charge on any atom is 0.220 e. The van der Waals surface area contributed by atoms with Crippen LogP contribution in [0.5, 0.6) is 0 Å². The highest BCUT2D eigenvalue weighted by molar-refractivity contribution is 5.76. The van der Waals surface area contributed by atoms with Gasteiger partial charge in [-0.3, -0.25) is 4.79 Å². The Hall–Kier alpha value is -2.31. The van der Waals surface area contributed by atoms with E-state index in [1.54, 1.807) is 6.08 Å². The smallest absolute Gasteiger partial charge is 0.220 e. The van der Waals surface area contributed by atoms with E-state index in [9.17, 15) is 45.6 Å². The third kappa shape index (κ3) is 30.9. The predicted octanol–water partition coefficient (Wildman–Crippen LogP) is 9.39. The van der Waals surface area contributed by atoms with Crippen molar-refractivity contribution < 1.29 is 64.6 Å². The fourth-order valence-corrected chi connectivity index (χ4v) is 9.20. The lowest BCUT2D eigenvalue weighted by Gasteiger charge is -2.46. The van der Waals surface area contributed by atoms with Gasteiger partial charge in [-0.1, -0.05) is 197 Å². The summed E-state index contributed by atoms with van der Waals surface area (Å²) in [5, 5.41) is 87.0. The molecule has 0 aromatic carbocycles. The average Bonchev–Trinajstić information content (AvgIpc) is 3.39. The zero-order chi connectivity index (χ0) is 53.2. The van der Waals surface area contributed by atoms with Crippen molar-refractivity contribution >= 4 is 5.91 Å². The third-order valence-electron chi connectivity index (χ3n) is 13.9. The SMILES string of the molecule is CCCCCCC/C=C\C/C=C\C/C=C\CCCCCCCCC(=O)NC(COC1OC(CO)C(OC2OC(CO)C(O)C(O)C2O)C(O)C1O)C(O)/C=C/CC/C=C/CCCCCCCCCCCCCC. The van der Waals surface area contributed by atoms with E-state index in [1.165, 1.54) is 116 Å². The van der Waals surface area contributed by atoms with Crippen LogP contribution in [0.1, 0.15) is 213 Å². The summed E-state index contributed by atoms with van der Waals surface area (Å²) in [5.41, 5.74) is 0. The number of ether oxygens (including phenoxy) is 4. The molecule has 0 bridgehead atoms. The Labute approximate surface area is 441 Å². The first kappa shape index (κ1) is 66.8. The van der Waals surface area contributed by atoms with Crippen LogP contribution in [0.3, 0.4) is 0 Å². The number of hydrogen-bond acceptors (Lipinski definition) is 13. The minimum absolute atomic E-state index is 0.257. The van der Waals surface area contributed by atoms with Gasteiger partial charge in [0.15, 0.2) is 12.6 Å². The van der Waals surface area contributed by atoms with Crippen molar-refractivity contribution in [3.05, 3.63) is 60.8 Å². The van der Waals surface area contributed by atoms with E-state index >= 15 is 0 Å². The molecule has 0 radical (unpaired) electrons. The molecule has 73 heavy (non-hydrogen) atoms. The molecule has 0 spiro atoms. The van der Waals surface area contributed by atoms with Crippen LogP contribution in [0.25, 0.3) is 0 Å². The van der Waals surface area contributed by atoms with Gasteiger partial charge in [0.2, 0.25) is 5.91 Å². The molecule has 2 fully saturated rings. The van der Waals surface area contributed by atoms with Crippen LogP contribution >= 0.6 is 0 Å². The number of hydrogen-bond donors (Lipinski definition) is 9. The molecule has 0 aromatic heterocycles. The van der Waals surface area contributed by atoms with Gasteiger partial charge in [-0.25, -0.2) is 0 Å². The fraction of sp³-hybridized carbons (Fsp3) is 0.814. The lowest BCUT2D eigenvalue weighted by Crippen LogP contribution is -2.65. The Morgan fingerprint density at radius 3 is 1.44 bits per heavy atom. The number of amides is 1. The second-order valence-corrected chi connectivity index (χ2v) is 20.4. The normalized spacial score (nSPS) is 25.8. The lowest BCUT2D eigenvalue weighted by atomic mass is 9.97. The molecule has 9 N–H and O–H groups in total. The van der Waals surface area contributed by atoms with E-state index in [2.05, 4.69) is 67.8 Å². The van der Waals surface area contributed by atoms with Crippen molar-refractivity contribution in [2.75, 3.05) is 19.8 Å². The fourth-order valence-electron chi connectivity index (χ4n) is 9.20. The molecule has 424 valence electrons. The van der Waals surface area contributed by atoms with Crippen molar-refractivity contribution in [3.8, 4) is 0 Å². The maximum absolute atomic E-state index is 13.2. The monoisotopic (exact) mass is 1040 g/mol. The van der Waals surface area contributed by atoms with Crippen LogP contribution in [-0.2, 0) is 23.7 Å². The number of carbonyl (C=O) groups excluding carboxylic acids is 1. The average molecular weight is 1040 g/mol. The minimum atomic E-state index is -1.79. The van der Waals surface area contributed by atoms with Crippen molar-refractivity contribution in [3.63, 3.8) is 0 Å². The number of allylic oxidation sites excluding steroid dienone is 9. The van der Waals surface area contributed by atoms with Crippen molar-refractivity contribution in [1.29, 1.82) is 0 Å². The van der Waals surface area contributed by atoms with Crippen molar-refractivity contribution in [1.82, 2.24) is 5.32 Å². The van der Waals surface area contributed by atoms with Gasteiger partial charge in [-0.2, -0.15) is 0 Å². The number of aliphatic hydroxyl groups is 8. The van der Waals surface area contributed by atoms with Gasteiger partial charge >= 0.3 is 0 Å². The molecule has 0 aromatic rings. The first-order valence-electron chi connectivity index (χ1n) is 29.0. The van der Waals surface area contributed by atoms with Crippen LogP contribution in [0.2, 0.25) is 0 Å². The number of rotatable bonds is 45. The summed E-state index contributed by atoms with van der Waals surface area (Å²) in [5.74, 6) is -0.263. The maximum atomic E-state index is 13.2. The first-order valence-corrected chi connectivity index (χ1v) is 29.0. The lowest BCUT2D eigenvalue weighted by molar-refractivity contribution is -0.359. The van der Waals surface area contributed by atoms with E-state index < -0.39 is 86.8 Å². The van der Waals surface area contributed by atoms with Gasteiger partial charge in [-0.05, 0) is 70.6 Å². The summed E-state index contributed by atoms with van der Waals surface area (Å²) in [6.45, 7) is 2.76. The Balaban J connectivity index is 1.81. The Morgan fingerprint density at radius 1 is 0.493 bits per heavy atom. The summed E-state index contributed by atoms with van der Waals surface area (Å²) in [4.78, 5) is 13.2. The summed E-state index contributed by atoms with van der Waals surface area (Å²) >= 11 is 0. The molecule has 0 aliphatic carbocycles. The highest BCUT2D eigenvalue weighted by atomic mass is 16.7. The van der Waals surface area contributed by atoms with Crippen LogP contribution in [-0.4, -0.2) is 140 Å². The second kappa shape index (κ2) is 44.8. The summed E-state index contributed by atoms with van der Waals surface area (Å²) in [6, 6.07) is -0.941. The standard InChI is InChI=1S/C59H105NO13/c1-3-5-7-9-11-13-15-17-19-21-23-24-25-27-29-31-33-35-37-39-41-43-51(64)60-47(48(63)42-40-38-36-34-32-30-28-26-22-20-18-16-14-12-10-8-6-4-2)46-70-58-56(69)54(67)57(50(45-62)72-58)73-59-55(68)53(66)52(65)49(44-61)71-59/h15,17,21,23,25,27,32,34,40,42,47-50,52-59,61-63,65-69H,3-14,16,18-20,22,24,26,28-31,33,35-39,41,43-46H2,1-2H3,(H,60,64)/b17-15-,23-21-,27-25-,34-32+,42-40+. The second-order valence-electron chi connectivity index (χ2n) is 20.4. The third-order valence-corrected chi connectivity index (χ3v) is 13.9. The molecule has 14 nitrogen and oxygen atoms in total. The topological polar surface area (TPSA) is 228 Å². The van der Waals surface area contributed by atoms with Gasteiger partial charge < -0.3 is 65.1 Å². The first-order chi connectivity index (χ1) is 35.6. The van der Waals surface area contributed by atoms with Gasteiger partial charge in [0.05, 0.1) is 32.0 Å². The Kier molecular flexibility index (Phi) is 41.0. The van der Waals surface area contributed by atoms with E-state index in [4.69, 9.17) is 18.9 Å². The Bertz CT molecular complexity index is 1450. The largest absolute Gasteiger partial charge is 0.394 e. The highest BCUT2D eigenvalue weighted by Gasteiger charge is 2.51. The van der Waals surface area contributed by atoms with Crippen LogP contribution in [0, 0.1) is 0 Å². The molecule has 2 heterocycles. The van der Waals surface area contributed by atoms with Crippen LogP contribution in [0.15, 0.2) is 60.8 Å². The highest BCUT2D eigenvalue weighted by Crippen LogP contribution is 2.30. The molecular formula is C59H105NO13. The molecule has 2 aliphatic rings. The van der Waals surface area contributed by atoms with Crippen LogP contribution in [0.4, 0.5) is 0 Å². The van der Waals surface area contributed by atoms with E-state index in [-0.39, 0.29) is 18.9 Å². The predicted molar refractivity (Wildman–Crippen MR) is 290 cm³/mol. The van der Waals surface area contributed by atoms with E-state index in [0.29, 0.717) is 12.8 Å². The molecule has 12 atom stereocenters. The zero-order valence-corrected chi connectivity index (χ0v) is 45.4. The molecule has 1 amide bonds. The summed E-state index contributed by atoms with van der Waals surface area (Å²) in [7, 11) is 0. The number of unbranched alkanes of at least 4 members (excludes halogenated alkanes) is 24. The van der Waals surface area contributed by atoms with Gasteiger partial charge in [0, 0.05) is 6.42 Å². The molecule has 14 heteroatoms. The van der Waals surface area contributed by atoms with Crippen LogP contribution < -0.4 is 5.32 Å². The van der Waals surface area contributed by atoms with Gasteiger partial charge in [-0.15, -0.1) is 0 Å². The van der Waals surface area contributed by atoms with E-state index in [1.807, 2.05) is 6.08 Å². The number of nitrogens with one attached hydrogen (secondary N) is 1. The number of aliphatic hydroxyl groups excluding tert-OH is 8. The van der Waals surface area contributed by atoms with Crippen molar-refractivity contribution in [2.24, 2.45) is 0 Å². The summed E-state index contributed by atoms with van der Waals surface area (Å²) in [6.07, 6.45) is 39.7.